The smallest absolute Gasteiger partial charge is 0.422 e. The summed E-state index contributed by atoms with van der Waals surface area (Å²) in [6, 6.07) is 10.5. The number of rotatable bonds is 5. The van der Waals surface area contributed by atoms with Gasteiger partial charge < -0.3 is 10.1 Å². The third kappa shape index (κ3) is 5.00. The largest absolute Gasteiger partial charge is 0.444 e. The van der Waals surface area contributed by atoms with Crippen molar-refractivity contribution in [1.29, 1.82) is 0 Å². The van der Waals surface area contributed by atoms with Crippen molar-refractivity contribution in [2.75, 3.05) is 39.3 Å². The van der Waals surface area contributed by atoms with Crippen molar-refractivity contribution in [3.8, 4) is 0 Å². The van der Waals surface area contributed by atoms with E-state index in [9.17, 15) is 4.79 Å². The summed E-state index contributed by atoms with van der Waals surface area (Å²) >= 11 is 0. The topological polar surface area (TPSA) is 56.8 Å². The van der Waals surface area contributed by atoms with Crippen LogP contribution >= 0.6 is 0 Å². The number of carbonyl (C=O) groups is 1. The number of hydrogen-bond donors (Lipinski definition) is 2. The van der Waals surface area contributed by atoms with E-state index < -0.39 is 0 Å². The Bertz CT molecular complexity index is 591. The molecule has 3 fully saturated rings. The average Bonchev–Trinajstić information content (AvgIpc) is 2.68. The molecule has 0 aromatic heterocycles. The first kappa shape index (κ1) is 18.7. The van der Waals surface area contributed by atoms with Gasteiger partial charge in [-0.25, -0.2) is 9.80 Å². The molecule has 2 N–H and O–H groups in total. The molecule has 0 saturated carbocycles. The summed E-state index contributed by atoms with van der Waals surface area (Å²) in [5.41, 5.74) is 3.90. The fourth-order valence-corrected chi connectivity index (χ4v) is 4.69. The summed E-state index contributed by atoms with van der Waals surface area (Å²) in [5.74, 6) is 1.85. The minimum Gasteiger partial charge on any atom is -0.444 e. The van der Waals surface area contributed by atoms with Gasteiger partial charge in [0.15, 0.2) is 0 Å². The van der Waals surface area contributed by atoms with Crippen LogP contribution in [0.1, 0.15) is 31.2 Å². The first-order valence-electron chi connectivity index (χ1n) is 10.4. The molecule has 6 nitrogen and oxygen atoms in total. The van der Waals surface area contributed by atoms with Crippen molar-refractivity contribution in [1.82, 2.24) is 20.7 Å². The van der Waals surface area contributed by atoms with Gasteiger partial charge in [-0.3, -0.25) is 10.3 Å². The summed E-state index contributed by atoms with van der Waals surface area (Å²) in [7, 11) is 0. The molecule has 4 rings (SSSR count). The van der Waals surface area contributed by atoms with Gasteiger partial charge in [0.05, 0.1) is 0 Å². The number of hydrazine groups is 1. The van der Waals surface area contributed by atoms with Crippen LogP contribution in [0.25, 0.3) is 0 Å². The number of amides is 1. The molecular weight excluding hydrogens is 340 g/mol. The molecule has 1 amide bonds. The molecule has 0 bridgehead atoms. The second kappa shape index (κ2) is 9.04. The summed E-state index contributed by atoms with van der Waals surface area (Å²) in [5, 5.41) is 5.47. The highest BCUT2D eigenvalue weighted by Crippen LogP contribution is 2.33. The van der Waals surface area contributed by atoms with Gasteiger partial charge in [0.1, 0.15) is 6.61 Å². The number of piperidine rings is 2. The Morgan fingerprint density at radius 1 is 1.04 bits per heavy atom. The minimum absolute atomic E-state index is 0.314. The van der Waals surface area contributed by atoms with Crippen LogP contribution in [-0.2, 0) is 11.3 Å². The van der Waals surface area contributed by atoms with Crippen LogP contribution in [0, 0.1) is 11.8 Å². The number of nitrogens with zero attached hydrogens (tertiary/aromatic N) is 2. The van der Waals surface area contributed by atoms with Gasteiger partial charge in [-0.15, -0.1) is 0 Å². The van der Waals surface area contributed by atoms with Crippen LogP contribution in [0.15, 0.2) is 30.3 Å². The second-order valence-electron chi connectivity index (χ2n) is 8.19. The summed E-state index contributed by atoms with van der Waals surface area (Å²) in [4.78, 5) is 14.7. The van der Waals surface area contributed by atoms with Gasteiger partial charge in [-0.2, -0.15) is 0 Å². The summed E-state index contributed by atoms with van der Waals surface area (Å²) in [6.45, 7) is 7.08. The standard InChI is InChI=1S/C21H32N4O2/c26-21(27-16-17-4-2-1-3-5-17)23-25-12-8-20(9-13-25)24-14-19(15-24)18-6-10-22-11-7-18/h1-5,18-20,22H,6-16H2,(H,23,26). The Kier molecular flexibility index (Phi) is 6.27. The maximum absolute atomic E-state index is 12.0. The molecule has 1 aromatic rings. The Morgan fingerprint density at radius 2 is 1.74 bits per heavy atom. The first-order valence-corrected chi connectivity index (χ1v) is 10.4. The number of hydrogen-bond acceptors (Lipinski definition) is 5. The predicted molar refractivity (Wildman–Crippen MR) is 105 cm³/mol. The van der Waals surface area contributed by atoms with Crippen molar-refractivity contribution in [3.63, 3.8) is 0 Å². The Labute approximate surface area is 162 Å². The van der Waals surface area contributed by atoms with Gasteiger partial charge >= 0.3 is 6.09 Å². The second-order valence-corrected chi connectivity index (χ2v) is 8.19. The number of ether oxygens (including phenoxy) is 1. The van der Waals surface area contributed by atoms with Crippen LogP contribution in [0.5, 0.6) is 0 Å². The molecule has 148 valence electrons. The number of carbonyl (C=O) groups excluding carboxylic acids is 1. The van der Waals surface area contributed by atoms with E-state index in [2.05, 4.69) is 15.6 Å². The van der Waals surface area contributed by atoms with Gasteiger partial charge in [0.25, 0.3) is 0 Å². The van der Waals surface area contributed by atoms with Crippen molar-refractivity contribution in [3.05, 3.63) is 35.9 Å². The normalized spacial score (nSPS) is 23.7. The van der Waals surface area contributed by atoms with Crippen LogP contribution in [0.3, 0.4) is 0 Å². The highest BCUT2D eigenvalue weighted by Gasteiger charge is 2.38. The zero-order valence-electron chi connectivity index (χ0n) is 16.1. The summed E-state index contributed by atoms with van der Waals surface area (Å²) in [6.07, 6.45) is 4.60. The Balaban J connectivity index is 1.12. The van der Waals surface area contributed by atoms with Crippen LogP contribution < -0.4 is 10.7 Å². The maximum atomic E-state index is 12.0. The molecule has 1 aromatic carbocycles. The van der Waals surface area contributed by atoms with Gasteiger partial charge in [0, 0.05) is 32.2 Å². The maximum Gasteiger partial charge on any atom is 0.422 e. The monoisotopic (exact) mass is 372 g/mol. The molecule has 3 heterocycles. The van der Waals surface area contributed by atoms with Gasteiger partial charge in [-0.05, 0) is 56.2 Å². The van der Waals surface area contributed by atoms with Crippen molar-refractivity contribution >= 4 is 6.09 Å². The average molecular weight is 373 g/mol. The molecule has 6 heteroatoms. The first-order chi connectivity index (χ1) is 13.3. The molecule has 0 aliphatic carbocycles. The SMILES string of the molecule is O=C(NN1CCC(N2CC(C3CCNCC3)C2)CC1)OCc1ccccc1. The fourth-order valence-electron chi connectivity index (χ4n) is 4.69. The zero-order valence-corrected chi connectivity index (χ0v) is 16.1. The lowest BCUT2D eigenvalue weighted by atomic mass is 9.79. The molecule has 0 radical (unpaired) electrons. The van der Waals surface area contributed by atoms with E-state index in [0.717, 1.165) is 43.3 Å². The van der Waals surface area contributed by atoms with Crippen LogP contribution in [0.2, 0.25) is 0 Å². The molecular formula is C21H32N4O2. The van der Waals surface area contributed by atoms with Crippen molar-refractivity contribution in [2.24, 2.45) is 11.8 Å². The fraction of sp³-hybridized carbons (Fsp3) is 0.667. The lowest BCUT2D eigenvalue weighted by molar-refractivity contribution is -0.0178. The minimum atomic E-state index is -0.354. The molecule has 3 aliphatic heterocycles. The van der Waals surface area contributed by atoms with E-state index in [1.807, 2.05) is 35.3 Å². The molecule has 3 saturated heterocycles. The highest BCUT2D eigenvalue weighted by atomic mass is 16.6. The van der Waals surface area contributed by atoms with E-state index >= 15 is 0 Å². The molecule has 3 aliphatic rings. The molecule has 0 atom stereocenters. The molecule has 0 spiro atoms. The van der Waals surface area contributed by atoms with E-state index in [1.165, 1.54) is 39.0 Å². The third-order valence-electron chi connectivity index (χ3n) is 6.43. The van der Waals surface area contributed by atoms with Crippen LogP contribution in [-0.4, -0.2) is 61.3 Å². The lowest BCUT2D eigenvalue weighted by Crippen LogP contribution is -2.59. The van der Waals surface area contributed by atoms with E-state index in [-0.39, 0.29) is 6.09 Å². The lowest BCUT2D eigenvalue weighted by Gasteiger charge is -2.50. The van der Waals surface area contributed by atoms with E-state index in [4.69, 9.17) is 4.74 Å². The predicted octanol–water partition coefficient (Wildman–Crippen LogP) is 2.22. The van der Waals surface area contributed by atoms with Gasteiger partial charge in [-0.1, -0.05) is 30.3 Å². The quantitative estimate of drug-likeness (QED) is 0.830. The van der Waals surface area contributed by atoms with E-state index in [0.29, 0.717) is 12.6 Å². The number of benzene rings is 1. The summed E-state index contributed by atoms with van der Waals surface area (Å²) < 4.78 is 5.31. The number of likely N-dealkylation sites (tertiary alicyclic amines) is 1. The zero-order chi connectivity index (χ0) is 18.5. The Hall–Kier alpha value is -1.63. The molecule has 27 heavy (non-hydrogen) atoms. The molecule has 0 unspecified atom stereocenters. The Morgan fingerprint density at radius 3 is 2.44 bits per heavy atom. The third-order valence-corrected chi connectivity index (χ3v) is 6.43. The van der Waals surface area contributed by atoms with E-state index in [1.54, 1.807) is 0 Å². The van der Waals surface area contributed by atoms with Crippen LogP contribution in [0.4, 0.5) is 4.79 Å². The van der Waals surface area contributed by atoms with Crippen molar-refractivity contribution < 1.29 is 9.53 Å². The number of nitrogens with one attached hydrogen (secondary N) is 2. The highest BCUT2D eigenvalue weighted by molar-refractivity contribution is 5.66. The van der Waals surface area contributed by atoms with Crippen molar-refractivity contribution in [2.45, 2.75) is 38.3 Å². The van der Waals surface area contributed by atoms with Gasteiger partial charge in [0.2, 0.25) is 0 Å².